The van der Waals surface area contributed by atoms with Crippen LogP contribution in [0.2, 0.25) is 0 Å². The first-order valence-electron chi connectivity index (χ1n) is 10.5. The zero-order valence-electron chi connectivity index (χ0n) is 17.8. The number of piperidine rings is 1. The number of hydrogen-bond donors (Lipinski definition) is 1. The second-order valence-corrected chi connectivity index (χ2v) is 8.78. The molecule has 0 aliphatic carbocycles. The average molecular weight is 408 g/mol. The van der Waals surface area contributed by atoms with Gasteiger partial charge in [-0.25, -0.2) is 4.98 Å². The van der Waals surface area contributed by atoms with Crippen LogP contribution in [0.4, 0.5) is 5.82 Å². The summed E-state index contributed by atoms with van der Waals surface area (Å²) in [5, 5.41) is 3.64. The van der Waals surface area contributed by atoms with E-state index in [9.17, 15) is 4.79 Å². The molecule has 0 unspecified atom stereocenters. The first-order chi connectivity index (χ1) is 14.4. The number of fused-ring (bicyclic) bond motifs is 1. The average Bonchev–Trinajstić information content (AvgIpc) is 3.10. The Bertz CT molecular complexity index is 1000. The number of pyridine rings is 2. The van der Waals surface area contributed by atoms with Crippen LogP contribution in [0.3, 0.4) is 0 Å². The van der Waals surface area contributed by atoms with Crippen LogP contribution in [0.15, 0.2) is 48.9 Å². The Kier molecular flexibility index (Phi) is 5.61. The molecular weight excluding hydrogens is 378 g/mol. The van der Waals surface area contributed by atoms with Gasteiger partial charge in [-0.3, -0.25) is 14.2 Å². The van der Waals surface area contributed by atoms with Crippen molar-refractivity contribution in [2.45, 2.75) is 45.1 Å². The molecule has 1 amide bonds. The van der Waals surface area contributed by atoms with Gasteiger partial charge in [-0.15, -0.1) is 0 Å². The Labute approximate surface area is 177 Å². The van der Waals surface area contributed by atoms with Crippen molar-refractivity contribution in [2.75, 3.05) is 25.0 Å². The number of carbonyl (C=O) groups excluding carboxylic acids is 1. The molecule has 0 aromatic carbocycles. The standard InChI is InChI=1S/C23H29N5O2/c1-23(2,3)26-22-21(25-19-8-4-5-12-28(19)22)17-9-13-27(14-10-17)20(29)16-30-18-7-6-11-24-15-18/h4-8,11-12,15,17,26H,9-10,13-14,16H2,1-3H3. The largest absolute Gasteiger partial charge is 0.482 e. The van der Waals surface area contributed by atoms with Crippen molar-refractivity contribution in [1.29, 1.82) is 0 Å². The highest BCUT2D eigenvalue weighted by Crippen LogP contribution is 2.34. The van der Waals surface area contributed by atoms with Crippen molar-refractivity contribution in [3.05, 3.63) is 54.6 Å². The molecule has 158 valence electrons. The number of amides is 1. The number of nitrogens with zero attached hydrogens (tertiary/aromatic N) is 4. The van der Waals surface area contributed by atoms with Crippen LogP contribution in [-0.2, 0) is 4.79 Å². The Morgan fingerprint density at radius 2 is 2.00 bits per heavy atom. The van der Waals surface area contributed by atoms with E-state index in [1.54, 1.807) is 24.5 Å². The maximum atomic E-state index is 12.6. The Morgan fingerprint density at radius 1 is 1.20 bits per heavy atom. The molecule has 1 aliphatic rings. The molecule has 4 rings (SSSR count). The topological polar surface area (TPSA) is 71.8 Å². The van der Waals surface area contributed by atoms with Gasteiger partial charge in [-0.1, -0.05) is 6.07 Å². The van der Waals surface area contributed by atoms with E-state index in [-0.39, 0.29) is 18.1 Å². The van der Waals surface area contributed by atoms with Gasteiger partial charge in [-0.2, -0.15) is 0 Å². The number of imidazole rings is 1. The number of likely N-dealkylation sites (tertiary alicyclic amines) is 1. The van der Waals surface area contributed by atoms with E-state index in [1.165, 1.54) is 0 Å². The zero-order chi connectivity index (χ0) is 21.1. The van der Waals surface area contributed by atoms with Gasteiger partial charge in [0.2, 0.25) is 0 Å². The van der Waals surface area contributed by atoms with Crippen molar-refractivity contribution in [3.63, 3.8) is 0 Å². The molecule has 1 saturated heterocycles. The molecule has 7 heteroatoms. The smallest absolute Gasteiger partial charge is 0.260 e. The Balaban J connectivity index is 1.43. The van der Waals surface area contributed by atoms with Crippen LogP contribution < -0.4 is 10.1 Å². The van der Waals surface area contributed by atoms with Crippen molar-refractivity contribution in [1.82, 2.24) is 19.3 Å². The summed E-state index contributed by atoms with van der Waals surface area (Å²) in [6.07, 6.45) is 7.13. The molecule has 0 spiro atoms. The highest BCUT2D eigenvalue weighted by Gasteiger charge is 2.29. The van der Waals surface area contributed by atoms with Crippen LogP contribution >= 0.6 is 0 Å². The van der Waals surface area contributed by atoms with Gasteiger partial charge in [-0.05, 0) is 57.9 Å². The Hall–Kier alpha value is -3.09. The van der Waals surface area contributed by atoms with Crippen LogP contribution in [0.25, 0.3) is 5.65 Å². The Morgan fingerprint density at radius 3 is 2.70 bits per heavy atom. The van der Waals surface area contributed by atoms with E-state index < -0.39 is 0 Å². The summed E-state index contributed by atoms with van der Waals surface area (Å²) < 4.78 is 7.69. The third-order valence-corrected chi connectivity index (χ3v) is 5.28. The minimum absolute atomic E-state index is 0.0142. The number of ether oxygens (including phenoxy) is 1. The summed E-state index contributed by atoms with van der Waals surface area (Å²) in [7, 11) is 0. The van der Waals surface area contributed by atoms with Gasteiger partial charge >= 0.3 is 0 Å². The van der Waals surface area contributed by atoms with Crippen LogP contribution in [-0.4, -0.2) is 50.4 Å². The van der Waals surface area contributed by atoms with E-state index in [4.69, 9.17) is 9.72 Å². The van der Waals surface area contributed by atoms with Gasteiger partial charge < -0.3 is 15.0 Å². The molecule has 3 aromatic heterocycles. The number of aromatic nitrogens is 3. The number of hydrogen-bond acceptors (Lipinski definition) is 5. The molecule has 30 heavy (non-hydrogen) atoms. The van der Waals surface area contributed by atoms with Crippen molar-refractivity contribution in [2.24, 2.45) is 0 Å². The van der Waals surface area contributed by atoms with Crippen LogP contribution in [0.1, 0.15) is 45.2 Å². The predicted molar refractivity (Wildman–Crippen MR) is 117 cm³/mol. The fourth-order valence-corrected chi connectivity index (χ4v) is 3.85. The lowest BCUT2D eigenvalue weighted by Crippen LogP contribution is -2.40. The second kappa shape index (κ2) is 8.34. The van der Waals surface area contributed by atoms with Gasteiger partial charge in [0.25, 0.3) is 5.91 Å². The highest BCUT2D eigenvalue weighted by atomic mass is 16.5. The maximum absolute atomic E-state index is 12.6. The monoisotopic (exact) mass is 407 g/mol. The molecule has 0 saturated carbocycles. The number of carbonyl (C=O) groups is 1. The SMILES string of the molecule is CC(C)(C)Nc1c(C2CCN(C(=O)COc3cccnc3)CC2)nc2ccccn12. The normalized spacial score (nSPS) is 15.4. The fraction of sp³-hybridized carbons (Fsp3) is 0.435. The van der Waals surface area contributed by atoms with E-state index in [0.29, 0.717) is 24.8 Å². The summed E-state index contributed by atoms with van der Waals surface area (Å²) in [5.74, 6) is 2.00. The molecule has 1 fully saturated rings. The van der Waals surface area contributed by atoms with E-state index in [2.05, 4.69) is 35.5 Å². The third-order valence-electron chi connectivity index (χ3n) is 5.28. The van der Waals surface area contributed by atoms with Gasteiger partial charge in [0, 0.05) is 36.9 Å². The summed E-state index contributed by atoms with van der Waals surface area (Å²) in [6, 6.07) is 9.67. The first kappa shape index (κ1) is 20.2. The highest BCUT2D eigenvalue weighted by molar-refractivity contribution is 5.78. The molecule has 3 aromatic rings. The molecule has 1 N–H and O–H groups in total. The number of rotatable bonds is 5. The summed E-state index contributed by atoms with van der Waals surface area (Å²) >= 11 is 0. The third kappa shape index (κ3) is 4.56. The van der Waals surface area contributed by atoms with Gasteiger partial charge in [0.15, 0.2) is 6.61 Å². The molecule has 0 atom stereocenters. The van der Waals surface area contributed by atoms with E-state index >= 15 is 0 Å². The molecular formula is C23H29N5O2. The van der Waals surface area contributed by atoms with Crippen LogP contribution in [0, 0.1) is 0 Å². The molecule has 0 bridgehead atoms. The minimum Gasteiger partial charge on any atom is -0.482 e. The summed E-state index contributed by atoms with van der Waals surface area (Å²) in [4.78, 5) is 23.4. The summed E-state index contributed by atoms with van der Waals surface area (Å²) in [6.45, 7) is 7.93. The molecule has 1 aliphatic heterocycles. The second-order valence-electron chi connectivity index (χ2n) is 8.78. The fourth-order valence-electron chi connectivity index (χ4n) is 3.85. The van der Waals surface area contributed by atoms with E-state index in [1.807, 2.05) is 29.3 Å². The lowest BCUT2D eigenvalue weighted by Gasteiger charge is -2.32. The number of anilines is 1. The number of nitrogens with one attached hydrogen (secondary N) is 1. The zero-order valence-corrected chi connectivity index (χ0v) is 17.8. The predicted octanol–water partition coefficient (Wildman–Crippen LogP) is 3.72. The van der Waals surface area contributed by atoms with Crippen LogP contribution in [0.5, 0.6) is 5.75 Å². The quantitative estimate of drug-likeness (QED) is 0.698. The summed E-state index contributed by atoms with van der Waals surface area (Å²) in [5.41, 5.74) is 1.97. The lowest BCUT2D eigenvalue weighted by atomic mass is 9.93. The lowest BCUT2D eigenvalue weighted by molar-refractivity contribution is -0.134. The first-order valence-corrected chi connectivity index (χ1v) is 10.5. The maximum Gasteiger partial charge on any atom is 0.260 e. The molecule has 4 heterocycles. The van der Waals surface area contributed by atoms with Gasteiger partial charge in [0.1, 0.15) is 17.2 Å². The van der Waals surface area contributed by atoms with Crippen molar-refractivity contribution in [3.8, 4) is 5.75 Å². The van der Waals surface area contributed by atoms with Gasteiger partial charge in [0.05, 0.1) is 11.9 Å². The minimum atomic E-state index is -0.0686. The van der Waals surface area contributed by atoms with Crippen molar-refractivity contribution >= 4 is 17.4 Å². The van der Waals surface area contributed by atoms with E-state index in [0.717, 1.165) is 30.0 Å². The molecule has 7 nitrogen and oxygen atoms in total. The van der Waals surface area contributed by atoms with Crippen molar-refractivity contribution < 1.29 is 9.53 Å². The molecule has 0 radical (unpaired) electrons.